The summed E-state index contributed by atoms with van der Waals surface area (Å²) in [7, 11) is 0. The zero-order valence-electron chi connectivity index (χ0n) is 11.2. The number of halogens is 2. The molecule has 0 aliphatic heterocycles. The van der Waals surface area contributed by atoms with Crippen molar-refractivity contribution in [2.75, 3.05) is 11.6 Å². The molecule has 1 nitrogen and oxygen atoms in total. The molecule has 2 aromatic rings. The van der Waals surface area contributed by atoms with Gasteiger partial charge in [0.05, 0.1) is 5.02 Å². The highest BCUT2D eigenvalue weighted by molar-refractivity contribution is 8.22. The van der Waals surface area contributed by atoms with Crippen molar-refractivity contribution < 1.29 is 0 Å². The summed E-state index contributed by atoms with van der Waals surface area (Å²) in [6.45, 7) is 0. The van der Waals surface area contributed by atoms with Crippen molar-refractivity contribution in [1.82, 2.24) is 0 Å². The summed E-state index contributed by atoms with van der Waals surface area (Å²) in [4.78, 5) is 1.06. The second-order valence-electron chi connectivity index (χ2n) is 4.18. The first-order chi connectivity index (χ1) is 10.1. The molecule has 6 heteroatoms. The lowest BCUT2D eigenvalue weighted by Crippen LogP contribution is -2.04. The predicted molar refractivity (Wildman–Crippen MR) is 102 cm³/mol. The maximum atomic E-state index is 6.18. The molecule has 0 aliphatic carbocycles. The molecule has 0 saturated heterocycles. The normalized spacial score (nSPS) is 10.4. The summed E-state index contributed by atoms with van der Waals surface area (Å²) in [5.74, 6) is 0.805. The summed E-state index contributed by atoms with van der Waals surface area (Å²) >= 11 is 20.6. The molecule has 0 saturated carbocycles. The Kier molecular flexibility index (Phi) is 6.71. The van der Waals surface area contributed by atoms with Crippen molar-refractivity contribution in [3.8, 4) is 0 Å². The maximum Gasteiger partial charge on any atom is 0.138 e. The van der Waals surface area contributed by atoms with Gasteiger partial charge >= 0.3 is 0 Å². The Labute approximate surface area is 148 Å². The van der Waals surface area contributed by atoms with E-state index in [1.165, 1.54) is 5.56 Å². The molecule has 21 heavy (non-hydrogen) atoms. The number of hydrogen-bond acceptors (Lipinski definition) is 3. The van der Waals surface area contributed by atoms with Crippen LogP contribution in [0.25, 0.3) is 0 Å². The third kappa shape index (κ3) is 5.38. The fraction of sp³-hybridized carbons (Fsp3) is 0.133. The van der Waals surface area contributed by atoms with E-state index >= 15 is 0 Å². The second kappa shape index (κ2) is 8.30. The zero-order valence-corrected chi connectivity index (χ0v) is 15.2. The van der Waals surface area contributed by atoms with Crippen molar-refractivity contribution in [2.45, 2.75) is 10.6 Å². The van der Waals surface area contributed by atoms with Crippen molar-refractivity contribution >= 4 is 69.0 Å². The van der Waals surface area contributed by atoms with E-state index in [9.17, 15) is 0 Å². The van der Waals surface area contributed by atoms with Gasteiger partial charge in [-0.1, -0.05) is 59.3 Å². The fourth-order valence-corrected chi connectivity index (χ4v) is 3.60. The number of benzene rings is 2. The Morgan fingerprint density at radius 1 is 1.14 bits per heavy atom. The molecule has 2 rings (SSSR count). The molecule has 0 radical (unpaired) electrons. The highest BCUT2D eigenvalue weighted by Gasteiger charge is 2.04. The molecule has 1 N–H and O–H groups in total. The Hall–Kier alpha value is -0.390. The van der Waals surface area contributed by atoms with Gasteiger partial charge in [0.15, 0.2) is 0 Å². The number of anilines is 1. The number of rotatable bonds is 4. The Bertz CT molecular complexity index is 629. The van der Waals surface area contributed by atoms with Crippen LogP contribution in [0.4, 0.5) is 5.69 Å². The molecule has 0 unspecified atom stereocenters. The maximum absolute atomic E-state index is 6.18. The minimum absolute atomic E-state index is 0.720. The number of thiocarbonyl (C=S) groups is 1. The van der Waals surface area contributed by atoms with Crippen LogP contribution >= 0.6 is 58.9 Å². The van der Waals surface area contributed by atoms with Gasteiger partial charge in [0.25, 0.3) is 0 Å². The third-order valence-corrected chi connectivity index (χ3v) is 5.45. The fourth-order valence-electron chi connectivity index (χ4n) is 1.63. The van der Waals surface area contributed by atoms with Crippen molar-refractivity contribution in [3.05, 3.63) is 58.1 Å². The van der Waals surface area contributed by atoms with E-state index in [1.807, 2.05) is 48.7 Å². The zero-order chi connectivity index (χ0) is 15.2. The molecule has 0 spiro atoms. The molecular weight excluding hydrogens is 361 g/mol. The Balaban J connectivity index is 1.89. The first kappa shape index (κ1) is 17.0. The second-order valence-corrected chi connectivity index (χ2v) is 7.52. The molecular formula is C15H13Cl2NS3. The van der Waals surface area contributed by atoms with Crippen molar-refractivity contribution in [1.29, 1.82) is 0 Å². The van der Waals surface area contributed by atoms with E-state index in [0.29, 0.717) is 0 Å². The third-order valence-electron chi connectivity index (χ3n) is 2.68. The van der Waals surface area contributed by atoms with Crippen molar-refractivity contribution in [3.63, 3.8) is 0 Å². The van der Waals surface area contributed by atoms with Gasteiger partial charge in [0.2, 0.25) is 0 Å². The van der Waals surface area contributed by atoms with E-state index in [2.05, 4.69) is 5.32 Å². The molecule has 0 aromatic heterocycles. The lowest BCUT2D eigenvalue weighted by molar-refractivity contribution is 1.42. The van der Waals surface area contributed by atoms with Crippen LogP contribution in [0.5, 0.6) is 0 Å². The highest BCUT2D eigenvalue weighted by atomic mass is 35.5. The summed E-state index contributed by atoms with van der Waals surface area (Å²) in [6.07, 6.45) is 2.00. The SMILES string of the molecule is CSc1ccc(NC(=S)SCc2ccc(Cl)cc2)cc1Cl. The molecule has 0 amide bonds. The standard InChI is InChI=1S/C15H13Cl2NS3/c1-20-14-7-6-12(8-13(14)17)18-15(19)21-9-10-2-4-11(16)5-3-10/h2-8H,9H2,1H3,(H,18,19). The summed E-state index contributed by atoms with van der Waals surface area (Å²) in [5.41, 5.74) is 2.09. The van der Waals surface area contributed by atoms with Crippen LogP contribution in [0.1, 0.15) is 5.56 Å². The Morgan fingerprint density at radius 2 is 1.86 bits per heavy atom. The Morgan fingerprint density at radius 3 is 2.48 bits per heavy atom. The van der Waals surface area contributed by atoms with E-state index in [1.54, 1.807) is 23.5 Å². The van der Waals surface area contributed by atoms with Crippen molar-refractivity contribution in [2.24, 2.45) is 0 Å². The van der Waals surface area contributed by atoms with Crippen LogP contribution in [0, 0.1) is 0 Å². The smallest absolute Gasteiger partial charge is 0.138 e. The van der Waals surface area contributed by atoms with E-state index in [4.69, 9.17) is 35.4 Å². The number of nitrogens with one attached hydrogen (secondary N) is 1. The highest BCUT2D eigenvalue weighted by Crippen LogP contribution is 2.28. The molecule has 0 bridgehead atoms. The van der Waals surface area contributed by atoms with Gasteiger partial charge < -0.3 is 5.32 Å². The number of hydrogen-bond donors (Lipinski definition) is 1. The van der Waals surface area contributed by atoms with E-state index < -0.39 is 0 Å². The van der Waals surface area contributed by atoms with Gasteiger partial charge in [-0.25, -0.2) is 0 Å². The minimum atomic E-state index is 0.720. The van der Waals surface area contributed by atoms with E-state index in [-0.39, 0.29) is 0 Å². The predicted octanol–water partition coefficient (Wildman–Crippen LogP) is 6.35. The van der Waals surface area contributed by atoms with Gasteiger partial charge in [-0.15, -0.1) is 11.8 Å². The lowest BCUT2D eigenvalue weighted by Gasteiger charge is -2.09. The lowest BCUT2D eigenvalue weighted by atomic mass is 10.2. The first-order valence-corrected chi connectivity index (χ1v) is 9.47. The summed E-state index contributed by atoms with van der Waals surface area (Å²) in [6, 6.07) is 13.6. The van der Waals surface area contributed by atoms with Crippen LogP contribution in [0.2, 0.25) is 10.0 Å². The number of thioether (sulfide) groups is 2. The average molecular weight is 374 g/mol. The minimum Gasteiger partial charge on any atom is -0.341 e. The molecule has 0 fully saturated rings. The largest absolute Gasteiger partial charge is 0.341 e. The van der Waals surface area contributed by atoms with Crippen LogP contribution in [-0.4, -0.2) is 10.6 Å². The van der Waals surface area contributed by atoms with Gasteiger partial charge in [0.1, 0.15) is 4.32 Å². The average Bonchev–Trinajstić information content (AvgIpc) is 2.47. The monoisotopic (exact) mass is 373 g/mol. The molecule has 0 atom stereocenters. The van der Waals surface area contributed by atoms with Gasteiger partial charge in [-0.3, -0.25) is 0 Å². The molecule has 110 valence electrons. The van der Waals surface area contributed by atoms with Gasteiger partial charge in [-0.2, -0.15) is 0 Å². The van der Waals surface area contributed by atoms with Gasteiger partial charge in [0, 0.05) is 21.4 Å². The molecule has 0 aliphatic rings. The summed E-state index contributed by atoms with van der Waals surface area (Å²) < 4.78 is 0.720. The topological polar surface area (TPSA) is 12.0 Å². The summed E-state index contributed by atoms with van der Waals surface area (Å²) in [5, 5.41) is 4.67. The van der Waals surface area contributed by atoms with Gasteiger partial charge in [-0.05, 0) is 42.2 Å². The molecule has 0 heterocycles. The molecule has 2 aromatic carbocycles. The van der Waals surface area contributed by atoms with Crippen LogP contribution in [0.15, 0.2) is 47.4 Å². The van der Waals surface area contributed by atoms with Crippen LogP contribution in [-0.2, 0) is 5.75 Å². The van der Waals surface area contributed by atoms with Crippen LogP contribution in [0.3, 0.4) is 0 Å². The van der Waals surface area contributed by atoms with E-state index in [0.717, 1.165) is 30.7 Å². The quantitative estimate of drug-likeness (QED) is 0.494. The van der Waals surface area contributed by atoms with Crippen LogP contribution < -0.4 is 5.32 Å². The first-order valence-electron chi connectivity index (χ1n) is 6.10.